The predicted molar refractivity (Wildman–Crippen MR) is 70.8 cm³/mol. The summed E-state index contributed by atoms with van der Waals surface area (Å²) in [5.74, 6) is 0. The van der Waals surface area contributed by atoms with Crippen molar-refractivity contribution in [2.75, 3.05) is 19.7 Å². The molecule has 3 N–H and O–H groups in total. The second-order valence-corrected chi connectivity index (χ2v) is 7.01. The number of hydrogen-bond acceptors (Lipinski definition) is 3. The molecule has 0 aromatic rings. The van der Waals surface area contributed by atoms with Crippen LogP contribution in [0.5, 0.6) is 0 Å². The zero-order valence-corrected chi connectivity index (χ0v) is 11.4. The smallest absolute Gasteiger partial charge is 0.0611 e. The Bertz CT molecular complexity index is 267. The van der Waals surface area contributed by atoms with E-state index in [4.69, 9.17) is 5.73 Å². The van der Waals surface area contributed by atoms with Crippen molar-refractivity contribution < 1.29 is 5.11 Å². The minimum Gasteiger partial charge on any atom is -0.394 e. The number of nitrogens with two attached hydrogens (primary N) is 1. The van der Waals surface area contributed by atoms with Crippen LogP contribution in [0, 0.1) is 5.41 Å². The first kappa shape index (κ1) is 13.3. The summed E-state index contributed by atoms with van der Waals surface area (Å²) in [5.41, 5.74) is 6.38. The third-order valence-corrected chi connectivity index (χ3v) is 4.62. The van der Waals surface area contributed by atoms with Gasteiger partial charge < -0.3 is 10.8 Å². The minimum atomic E-state index is -0.315. The van der Waals surface area contributed by atoms with Crippen LogP contribution in [0.2, 0.25) is 0 Å². The molecule has 2 rings (SSSR count). The van der Waals surface area contributed by atoms with Crippen molar-refractivity contribution in [1.82, 2.24) is 4.90 Å². The maximum Gasteiger partial charge on any atom is 0.0611 e. The fourth-order valence-corrected chi connectivity index (χ4v) is 3.60. The van der Waals surface area contributed by atoms with Crippen molar-refractivity contribution in [3.05, 3.63) is 0 Å². The molecule has 1 aliphatic carbocycles. The van der Waals surface area contributed by atoms with Gasteiger partial charge in [0.25, 0.3) is 0 Å². The first-order valence-corrected chi connectivity index (χ1v) is 7.08. The molecular weight excluding hydrogens is 212 g/mol. The molecule has 1 heterocycles. The number of aliphatic hydroxyl groups excluding tert-OH is 1. The molecule has 2 fully saturated rings. The van der Waals surface area contributed by atoms with E-state index in [-0.39, 0.29) is 12.1 Å². The summed E-state index contributed by atoms with van der Waals surface area (Å²) in [5, 5.41) is 9.43. The fraction of sp³-hybridized carbons (Fsp3) is 1.00. The van der Waals surface area contributed by atoms with Crippen molar-refractivity contribution >= 4 is 0 Å². The van der Waals surface area contributed by atoms with E-state index >= 15 is 0 Å². The van der Waals surface area contributed by atoms with Gasteiger partial charge in [-0.2, -0.15) is 0 Å². The number of hydrogen-bond donors (Lipinski definition) is 2. The van der Waals surface area contributed by atoms with Crippen LogP contribution in [0.25, 0.3) is 0 Å². The normalized spacial score (nSPS) is 39.2. The van der Waals surface area contributed by atoms with Crippen molar-refractivity contribution in [2.45, 2.75) is 64.0 Å². The average Bonchev–Trinajstić information content (AvgIpc) is 2.28. The van der Waals surface area contributed by atoms with Gasteiger partial charge in [-0.25, -0.2) is 0 Å². The largest absolute Gasteiger partial charge is 0.394 e. The molecule has 100 valence electrons. The van der Waals surface area contributed by atoms with Crippen LogP contribution in [-0.2, 0) is 0 Å². The van der Waals surface area contributed by atoms with Gasteiger partial charge >= 0.3 is 0 Å². The second kappa shape index (κ2) is 4.87. The average molecular weight is 240 g/mol. The second-order valence-electron chi connectivity index (χ2n) is 7.01. The van der Waals surface area contributed by atoms with E-state index in [0.29, 0.717) is 11.5 Å². The van der Waals surface area contributed by atoms with Crippen molar-refractivity contribution in [3.63, 3.8) is 0 Å². The number of aliphatic hydroxyl groups is 1. The van der Waals surface area contributed by atoms with Crippen LogP contribution in [0.15, 0.2) is 0 Å². The molecule has 0 amide bonds. The molecule has 1 saturated heterocycles. The first-order chi connectivity index (χ1) is 7.94. The lowest BCUT2D eigenvalue weighted by Crippen LogP contribution is -2.55. The summed E-state index contributed by atoms with van der Waals surface area (Å²) >= 11 is 0. The maximum atomic E-state index is 9.43. The van der Waals surface area contributed by atoms with E-state index in [2.05, 4.69) is 18.7 Å². The van der Waals surface area contributed by atoms with Crippen LogP contribution < -0.4 is 5.73 Å². The molecule has 3 nitrogen and oxygen atoms in total. The number of piperidine rings is 1. The van der Waals surface area contributed by atoms with E-state index in [1.54, 1.807) is 0 Å². The monoisotopic (exact) mass is 240 g/mol. The van der Waals surface area contributed by atoms with E-state index in [1.165, 1.54) is 38.8 Å². The molecule has 2 unspecified atom stereocenters. The first-order valence-electron chi connectivity index (χ1n) is 7.08. The van der Waals surface area contributed by atoms with Gasteiger partial charge in [-0.15, -0.1) is 0 Å². The topological polar surface area (TPSA) is 49.5 Å². The van der Waals surface area contributed by atoms with Gasteiger partial charge in [-0.05, 0) is 50.5 Å². The Balaban J connectivity index is 1.97. The highest BCUT2D eigenvalue weighted by Crippen LogP contribution is 2.35. The Morgan fingerprint density at radius 3 is 2.71 bits per heavy atom. The standard InChI is InChI=1S/C14H28N2O/c1-13(2)6-4-8-16(10-13)12-5-3-7-14(15,9-12)11-17/h12,17H,3-11,15H2,1-2H3. The Hall–Kier alpha value is -0.120. The summed E-state index contributed by atoms with van der Waals surface area (Å²) in [7, 11) is 0. The summed E-state index contributed by atoms with van der Waals surface area (Å²) in [4.78, 5) is 2.62. The van der Waals surface area contributed by atoms with Crippen LogP contribution in [0.1, 0.15) is 52.4 Å². The molecule has 17 heavy (non-hydrogen) atoms. The molecule has 2 aliphatic rings. The van der Waals surface area contributed by atoms with Crippen LogP contribution in [0.4, 0.5) is 0 Å². The SMILES string of the molecule is CC1(C)CCCN(C2CCCC(N)(CO)C2)C1. The number of rotatable bonds is 2. The molecule has 0 bridgehead atoms. The predicted octanol–water partition coefficient (Wildman–Crippen LogP) is 1.74. The summed E-state index contributed by atoms with van der Waals surface area (Å²) in [6.45, 7) is 7.28. The van der Waals surface area contributed by atoms with Crippen LogP contribution in [-0.4, -0.2) is 41.3 Å². The number of nitrogens with zero attached hydrogens (tertiary/aromatic N) is 1. The van der Waals surface area contributed by atoms with E-state index in [1.807, 2.05) is 0 Å². The number of likely N-dealkylation sites (tertiary alicyclic amines) is 1. The summed E-state index contributed by atoms with van der Waals surface area (Å²) in [6, 6.07) is 0.598. The Kier molecular flexibility index (Phi) is 3.81. The zero-order valence-electron chi connectivity index (χ0n) is 11.4. The molecule has 0 spiro atoms. The third-order valence-electron chi connectivity index (χ3n) is 4.62. The van der Waals surface area contributed by atoms with Gasteiger partial charge in [0.2, 0.25) is 0 Å². The summed E-state index contributed by atoms with van der Waals surface area (Å²) in [6.07, 6.45) is 7.02. The maximum absolute atomic E-state index is 9.43. The van der Waals surface area contributed by atoms with E-state index in [9.17, 15) is 5.11 Å². The van der Waals surface area contributed by atoms with Gasteiger partial charge in [-0.3, -0.25) is 4.90 Å². The summed E-state index contributed by atoms with van der Waals surface area (Å²) < 4.78 is 0. The highest BCUT2D eigenvalue weighted by atomic mass is 16.3. The third kappa shape index (κ3) is 3.21. The fourth-order valence-electron chi connectivity index (χ4n) is 3.60. The Morgan fingerprint density at radius 2 is 2.06 bits per heavy atom. The van der Waals surface area contributed by atoms with Gasteiger partial charge in [0, 0.05) is 18.1 Å². The lowest BCUT2D eigenvalue weighted by Gasteiger charge is -2.47. The molecule has 0 radical (unpaired) electrons. The van der Waals surface area contributed by atoms with E-state index in [0.717, 1.165) is 12.8 Å². The van der Waals surface area contributed by atoms with Gasteiger partial charge in [0.05, 0.1) is 6.61 Å². The Morgan fingerprint density at radius 1 is 1.29 bits per heavy atom. The molecule has 1 saturated carbocycles. The van der Waals surface area contributed by atoms with Gasteiger partial charge in [0.15, 0.2) is 0 Å². The Labute approximate surface area is 105 Å². The van der Waals surface area contributed by atoms with Crippen molar-refractivity contribution in [3.8, 4) is 0 Å². The van der Waals surface area contributed by atoms with Crippen molar-refractivity contribution in [1.29, 1.82) is 0 Å². The highest BCUT2D eigenvalue weighted by molar-refractivity contribution is 4.95. The molecular formula is C14H28N2O. The lowest BCUT2D eigenvalue weighted by molar-refractivity contribution is 0.0320. The lowest BCUT2D eigenvalue weighted by atomic mass is 9.77. The minimum absolute atomic E-state index is 0.140. The quantitative estimate of drug-likeness (QED) is 0.773. The molecule has 1 aliphatic heterocycles. The zero-order chi connectivity index (χ0) is 12.5. The highest BCUT2D eigenvalue weighted by Gasteiger charge is 2.37. The van der Waals surface area contributed by atoms with Crippen LogP contribution in [0.3, 0.4) is 0 Å². The molecule has 3 heteroatoms. The van der Waals surface area contributed by atoms with Crippen molar-refractivity contribution in [2.24, 2.45) is 11.1 Å². The molecule has 0 aromatic carbocycles. The van der Waals surface area contributed by atoms with Gasteiger partial charge in [0.1, 0.15) is 0 Å². The van der Waals surface area contributed by atoms with Gasteiger partial charge in [-0.1, -0.05) is 13.8 Å². The van der Waals surface area contributed by atoms with E-state index < -0.39 is 0 Å². The molecule has 0 aromatic heterocycles. The van der Waals surface area contributed by atoms with Crippen LogP contribution >= 0.6 is 0 Å². The molecule has 2 atom stereocenters.